The van der Waals surface area contributed by atoms with E-state index in [0.717, 1.165) is 22.8 Å². The van der Waals surface area contributed by atoms with Crippen LogP contribution < -0.4 is 15.1 Å². The number of pyridine rings is 1. The van der Waals surface area contributed by atoms with Crippen molar-refractivity contribution >= 4 is 28.7 Å². The van der Waals surface area contributed by atoms with Crippen LogP contribution in [0.3, 0.4) is 0 Å². The molecule has 5 nitrogen and oxygen atoms in total. The van der Waals surface area contributed by atoms with Crippen LogP contribution in [0.4, 0.5) is 11.4 Å². The smallest absolute Gasteiger partial charge is 0.174 e. The summed E-state index contributed by atoms with van der Waals surface area (Å²) in [7, 11) is 4.11. The van der Waals surface area contributed by atoms with Crippen LogP contribution in [0.25, 0.3) is 5.69 Å². The molecular formula is C27H27N5S. The molecule has 1 N–H and O–H groups in total. The number of nitrogens with zero attached hydrogens (tertiary/aromatic N) is 4. The highest BCUT2D eigenvalue weighted by Gasteiger charge is 2.42. The molecule has 2 atom stereocenters. The van der Waals surface area contributed by atoms with Gasteiger partial charge in [-0.25, -0.2) is 0 Å². The average molecular weight is 454 g/mol. The molecule has 1 saturated heterocycles. The molecule has 2 aromatic heterocycles. The average Bonchev–Trinajstić information content (AvgIpc) is 3.44. The molecule has 1 aliphatic rings. The molecule has 5 rings (SSSR count). The van der Waals surface area contributed by atoms with Gasteiger partial charge in [0.25, 0.3) is 0 Å². The first-order chi connectivity index (χ1) is 16.0. The minimum Gasteiger partial charge on any atom is -0.378 e. The first-order valence-corrected chi connectivity index (χ1v) is 11.5. The monoisotopic (exact) mass is 453 g/mol. The number of hydrogen-bond acceptors (Lipinski definition) is 3. The van der Waals surface area contributed by atoms with Crippen molar-refractivity contribution in [2.24, 2.45) is 0 Å². The molecule has 1 aliphatic heterocycles. The zero-order chi connectivity index (χ0) is 22.9. The third-order valence-corrected chi connectivity index (χ3v) is 6.45. The van der Waals surface area contributed by atoms with Crippen molar-refractivity contribution in [1.29, 1.82) is 0 Å². The lowest BCUT2D eigenvalue weighted by atomic mass is 10.0. The van der Waals surface area contributed by atoms with E-state index in [9.17, 15) is 0 Å². The predicted molar refractivity (Wildman–Crippen MR) is 139 cm³/mol. The van der Waals surface area contributed by atoms with Gasteiger partial charge in [0.1, 0.15) is 6.04 Å². The Hall–Kier alpha value is -3.64. The Balaban J connectivity index is 1.63. The summed E-state index contributed by atoms with van der Waals surface area (Å²) in [6.45, 7) is 2.10. The Morgan fingerprint density at radius 3 is 2.27 bits per heavy atom. The fourth-order valence-corrected chi connectivity index (χ4v) is 4.77. The third kappa shape index (κ3) is 3.98. The number of hydrogen-bond donors (Lipinski definition) is 1. The highest BCUT2D eigenvalue weighted by molar-refractivity contribution is 7.80. The zero-order valence-electron chi connectivity index (χ0n) is 19.0. The van der Waals surface area contributed by atoms with Gasteiger partial charge in [-0.1, -0.05) is 23.8 Å². The Kier molecular flexibility index (Phi) is 5.60. The number of aryl methyl sites for hydroxylation is 1. The van der Waals surface area contributed by atoms with E-state index in [2.05, 4.69) is 119 Å². The van der Waals surface area contributed by atoms with Gasteiger partial charge >= 0.3 is 0 Å². The van der Waals surface area contributed by atoms with E-state index in [-0.39, 0.29) is 12.1 Å². The van der Waals surface area contributed by atoms with Crippen molar-refractivity contribution < 1.29 is 0 Å². The summed E-state index contributed by atoms with van der Waals surface area (Å²) in [5.74, 6) is 0. The summed E-state index contributed by atoms with van der Waals surface area (Å²) in [5, 5.41) is 4.25. The Bertz CT molecular complexity index is 1250. The molecule has 6 heteroatoms. The molecule has 3 heterocycles. The summed E-state index contributed by atoms with van der Waals surface area (Å²) in [6.07, 6.45) is 3.95. The van der Waals surface area contributed by atoms with Gasteiger partial charge in [-0.05, 0) is 79.8 Å². The summed E-state index contributed by atoms with van der Waals surface area (Å²) in [6, 6.07) is 27.3. The van der Waals surface area contributed by atoms with Crippen LogP contribution in [-0.4, -0.2) is 28.8 Å². The largest absolute Gasteiger partial charge is 0.378 e. The highest BCUT2D eigenvalue weighted by atomic mass is 32.1. The van der Waals surface area contributed by atoms with E-state index in [4.69, 9.17) is 12.2 Å². The second-order valence-corrected chi connectivity index (χ2v) is 8.93. The predicted octanol–water partition coefficient (Wildman–Crippen LogP) is 5.42. The minimum atomic E-state index is -0.0744. The Morgan fingerprint density at radius 2 is 1.61 bits per heavy atom. The van der Waals surface area contributed by atoms with E-state index in [1.165, 1.54) is 11.3 Å². The van der Waals surface area contributed by atoms with Gasteiger partial charge in [-0.2, -0.15) is 0 Å². The summed E-state index contributed by atoms with van der Waals surface area (Å²) >= 11 is 5.86. The van der Waals surface area contributed by atoms with Crippen molar-refractivity contribution in [1.82, 2.24) is 14.9 Å². The van der Waals surface area contributed by atoms with Crippen molar-refractivity contribution in [3.8, 4) is 5.69 Å². The second-order valence-electron chi connectivity index (χ2n) is 8.55. The molecule has 2 aromatic carbocycles. The van der Waals surface area contributed by atoms with Gasteiger partial charge in [0.15, 0.2) is 5.11 Å². The maximum absolute atomic E-state index is 5.86. The van der Waals surface area contributed by atoms with E-state index in [1.807, 2.05) is 18.3 Å². The van der Waals surface area contributed by atoms with Gasteiger partial charge in [0.05, 0.1) is 11.7 Å². The van der Waals surface area contributed by atoms with Crippen LogP contribution in [0.2, 0.25) is 0 Å². The molecule has 0 aliphatic carbocycles. The van der Waals surface area contributed by atoms with Crippen LogP contribution in [0.5, 0.6) is 0 Å². The quantitative estimate of drug-likeness (QED) is 0.408. The SMILES string of the molecule is Cc1ccc(N2C(=S)N[C@@H](c3ccccn3)[C@@H]2c2cccn2-c2ccc(N(C)C)cc2)cc1. The number of benzene rings is 2. The molecule has 0 spiro atoms. The van der Waals surface area contributed by atoms with Crippen molar-refractivity contribution in [3.05, 3.63) is 108 Å². The van der Waals surface area contributed by atoms with Gasteiger partial charge in [0.2, 0.25) is 0 Å². The van der Waals surface area contributed by atoms with Crippen molar-refractivity contribution in [3.63, 3.8) is 0 Å². The fourth-order valence-electron chi connectivity index (χ4n) is 4.42. The first-order valence-electron chi connectivity index (χ1n) is 11.1. The molecule has 0 bridgehead atoms. The first kappa shape index (κ1) is 21.2. The normalized spacial score (nSPS) is 17.8. The maximum atomic E-state index is 5.86. The van der Waals surface area contributed by atoms with Gasteiger partial charge in [-0.15, -0.1) is 0 Å². The van der Waals surface area contributed by atoms with Gasteiger partial charge in [0, 0.05) is 49.2 Å². The standard InChI is InChI=1S/C27H27N5S/c1-19-9-11-22(12-10-19)32-26(25(29-27(32)33)23-7-4-5-17-28-23)24-8-6-18-31(24)21-15-13-20(14-16-21)30(2)3/h4-18,25-26H,1-3H3,(H,29,33)/t25-,26-/m0/s1. The van der Waals surface area contributed by atoms with Crippen LogP contribution >= 0.6 is 12.2 Å². The van der Waals surface area contributed by atoms with E-state index < -0.39 is 0 Å². The number of rotatable bonds is 5. The Labute approximate surface area is 200 Å². The topological polar surface area (TPSA) is 36.3 Å². The highest BCUT2D eigenvalue weighted by Crippen LogP contribution is 2.42. The number of thiocarbonyl (C=S) groups is 1. The molecule has 4 aromatic rings. The van der Waals surface area contributed by atoms with Crippen LogP contribution in [-0.2, 0) is 0 Å². The molecule has 0 unspecified atom stereocenters. The maximum Gasteiger partial charge on any atom is 0.174 e. The van der Waals surface area contributed by atoms with E-state index >= 15 is 0 Å². The number of nitrogens with one attached hydrogen (secondary N) is 1. The molecule has 0 amide bonds. The lowest BCUT2D eigenvalue weighted by Crippen LogP contribution is -2.30. The van der Waals surface area contributed by atoms with E-state index in [0.29, 0.717) is 5.11 Å². The Morgan fingerprint density at radius 1 is 0.879 bits per heavy atom. The summed E-state index contributed by atoms with van der Waals surface area (Å²) < 4.78 is 2.25. The fraction of sp³-hybridized carbons (Fsp3) is 0.185. The van der Waals surface area contributed by atoms with E-state index in [1.54, 1.807) is 0 Å². The summed E-state index contributed by atoms with van der Waals surface area (Å²) in [5.41, 5.74) is 6.69. The van der Waals surface area contributed by atoms with Crippen LogP contribution in [0.1, 0.15) is 29.0 Å². The lowest BCUT2D eigenvalue weighted by Gasteiger charge is -2.29. The zero-order valence-corrected chi connectivity index (χ0v) is 19.8. The van der Waals surface area contributed by atoms with Gasteiger partial charge < -0.3 is 19.7 Å². The van der Waals surface area contributed by atoms with Crippen LogP contribution in [0.15, 0.2) is 91.3 Å². The van der Waals surface area contributed by atoms with Crippen molar-refractivity contribution in [2.75, 3.05) is 23.9 Å². The molecule has 0 radical (unpaired) electrons. The molecule has 166 valence electrons. The minimum absolute atomic E-state index is 0.0568. The summed E-state index contributed by atoms with van der Waals surface area (Å²) in [4.78, 5) is 8.99. The molecule has 33 heavy (non-hydrogen) atoms. The molecule has 0 saturated carbocycles. The molecular weight excluding hydrogens is 426 g/mol. The third-order valence-electron chi connectivity index (χ3n) is 6.14. The molecule has 1 fully saturated rings. The second kappa shape index (κ2) is 8.71. The lowest BCUT2D eigenvalue weighted by molar-refractivity contribution is 0.549. The number of anilines is 2. The van der Waals surface area contributed by atoms with Crippen LogP contribution in [0, 0.1) is 6.92 Å². The van der Waals surface area contributed by atoms with Gasteiger partial charge in [-0.3, -0.25) is 4.98 Å². The van der Waals surface area contributed by atoms with Crippen molar-refractivity contribution in [2.45, 2.75) is 19.0 Å². The number of aromatic nitrogens is 2.